The van der Waals surface area contributed by atoms with Crippen LogP contribution in [0.15, 0.2) is 0 Å². The molecule has 0 amide bonds. The molecule has 11 heavy (non-hydrogen) atoms. The number of carboxylic acids is 1. The maximum absolute atomic E-state index is 9.45. The second kappa shape index (κ2) is 5.05. The lowest BCUT2D eigenvalue weighted by molar-refractivity contribution is -0.145. The number of carbonyl (C=O) groups is 1. The lowest BCUT2D eigenvalue weighted by Gasteiger charge is -1.89. The number of carboxylic acid groups (broad SMARTS) is 1. The summed E-state index contributed by atoms with van der Waals surface area (Å²) in [6, 6.07) is 0. The molecule has 0 saturated carbocycles. The molecule has 0 aliphatic rings. The number of hydrogen-bond acceptors (Lipinski definition) is 4. The summed E-state index contributed by atoms with van der Waals surface area (Å²) >= 11 is 0. The smallest absolute Gasteiger partial charge is 0.332 e. The topological polar surface area (TPSA) is 112 Å². The maximum Gasteiger partial charge on any atom is 0.332 e. The number of aliphatic hydroxyl groups is 1. The molecule has 0 fully saturated rings. The fourth-order valence-corrected chi connectivity index (χ4v) is 0. The van der Waals surface area contributed by atoms with Gasteiger partial charge < -0.3 is 10.2 Å². The Balaban J connectivity index is 0. The zero-order valence-corrected chi connectivity index (χ0v) is 6.87. The van der Waals surface area contributed by atoms with Gasteiger partial charge in [0.2, 0.25) is 0 Å². The second-order valence-electron chi connectivity index (χ2n) is 1.75. The molecule has 0 aromatic carbocycles. The van der Waals surface area contributed by atoms with Crippen LogP contribution in [0, 0.1) is 0 Å². The third-order valence-electron chi connectivity index (χ3n) is 0.357. The lowest BCUT2D eigenvalue weighted by Crippen LogP contribution is -2.13. The Bertz CT molecular complexity index is 195. The summed E-state index contributed by atoms with van der Waals surface area (Å²) in [6.45, 7) is 1.20. The monoisotopic (exact) mass is 186 g/mol. The zero-order chi connectivity index (χ0) is 9.65. The molecule has 0 aromatic heterocycles. The lowest BCUT2D eigenvalue weighted by atomic mass is 10.4. The van der Waals surface area contributed by atoms with E-state index in [1.54, 1.807) is 0 Å². The number of rotatable bonds is 1. The summed E-state index contributed by atoms with van der Waals surface area (Å²) in [5.41, 5.74) is 0. The van der Waals surface area contributed by atoms with Gasteiger partial charge in [-0.25, -0.2) is 4.79 Å². The highest BCUT2D eigenvalue weighted by molar-refractivity contribution is 7.85. The Morgan fingerprint density at radius 1 is 1.45 bits per heavy atom. The first-order valence-corrected chi connectivity index (χ1v) is 4.32. The number of aliphatic hydroxyl groups excluding tert-OH is 1. The first-order valence-electron chi connectivity index (χ1n) is 2.48. The van der Waals surface area contributed by atoms with Gasteiger partial charge in [-0.05, 0) is 6.92 Å². The normalized spacial score (nSPS) is 12.7. The minimum Gasteiger partial charge on any atom is -0.479 e. The van der Waals surface area contributed by atoms with Gasteiger partial charge in [0.05, 0.1) is 6.26 Å². The van der Waals surface area contributed by atoms with Crippen LogP contribution < -0.4 is 0 Å². The van der Waals surface area contributed by atoms with Gasteiger partial charge >= 0.3 is 5.97 Å². The third kappa shape index (κ3) is 45.1. The molecule has 0 heterocycles. The van der Waals surface area contributed by atoms with Gasteiger partial charge in [0.1, 0.15) is 6.10 Å². The van der Waals surface area contributed by atoms with Crippen LogP contribution in [0.2, 0.25) is 0 Å². The van der Waals surface area contributed by atoms with Gasteiger partial charge in [0, 0.05) is 0 Å². The highest BCUT2D eigenvalue weighted by atomic mass is 32.2. The van der Waals surface area contributed by atoms with Gasteiger partial charge in [-0.3, -0.25) is 4.55 Å². The molecule has 1 unspecified atom stereocenters. The van der Waals surface area contributed by atoms with Crippen molar-refractivity contribution in [3.63, 3.8) is 0 Å². The van der Waals surface area contributed by atoms with Crippen LogP contribution >= 0.6 is 0 Å². The first-order chi connectivity index (χ1) is 4.64. The van der Waals surface area contributed by atoms with E-state index in [-0.39, 0.29) is 0 Å². The Morgan fingerprint density at radius 2 is 1.55 bits per heavy atom. The van der Waals surface area contributed by atoms with E-state index in [9.17, 15) is 13.2 Å². The van der Waals surface area contributed by atoms with Crippen LogP contribution in [-0.4, -0.2) is 41.5 Å². The minimum absolute atomic E-state index is 0.715. The van der Waals surface area contributed by atoms with Gasteiger partial charge in [-0.1, -0.05) is 0 Å². The molecule has 68 valence electrons. The predicted molar refractivity (Wildman–Crippen MR) is 36.8 cm³/mol. The van der Waals surface area contributed by atoms with Crippen molar-refractivity contribution in [1.82, 2.24) is 0 Å². The Labute approximate surface area is 64.2 Å². The Morgan fingerprint density at radius 3 is 1.55 bits per heavy atom. The van der Waals surface area contributed by atoms with E-state index >= 15 is 0 Å². The maximum atomic E-state index is 9.45. The summed E-state index contributed by atoms with van der Waals surface area (Å²) in [4.78, 5) is 9.45. The average molecular weight is 186 g/mol. The van der Waals surface area contributed by atoms with Crippen molar-refractivity contribution in [2.24, 2.45) is 0 Å². The van der Waals surface area contributed by atoms with Crippen molar-refractivity contribution >= 4 is 16.1 Å². The molecular weight excluding hydrogens is 176 g/mol. The highest BCUT2D eigenvalue weighted by Crippen LogP contribution is 1.73. The van der Waals surface area contributed by atoms with Gasteiger partial charge in [-0.15, -0.1) is 0 Å². The van der Waals surface area contributed by atoms with E-state index in [2.05, 4.69) is 0 Å². The molecule has 0 aliphatic heterocycles. The van der Waals surface area contributed by atoms with E-state index in [0.29, 0.717) is 6.26 Å². The molecule has 0 aliphatic carbocycles. The minimum atomic E-state index is -3.67. The van der Waals surface area contributed by atoms with E-state index in [4.69, 9.17) is 14.8 Å². The van der Waals surface area contributed by atoms with Crippen molar-refractivity contribution < 1.29 is 28.0 Å². The standard InChI is InChI=1S/C3H6O3.CH4O3S/c1-2(4)3(5)6;1-5(2,3)4/h2,4H,1H3,(H,5,6);1H3,(H,2,3,4). The van der Waals surface area contributed by atoms with Gasteiger partial charge in [-0.2, -0.15) is 8.42 Å². The van der Waals surface area contributed by atoms with Crippen molar-refractivity contribution in [1.29, 1.82) is 0 Å². The van der Waals surface area contributed by atoms with Crippen LogP contribution in [0.1, 0.15) is 6.92 Å². The summed E-state index contributed by atoms with van der Waals surface area (Å²) < 4.78 is 25.9. The van der Waals surface area contributed by atoms with Crippen LogP contribution in [0.5, 0.6) is 0 Å². The van der Waals surface area contributed by atoms with Gasteiger partial charge in [0.15, 0.2) is 0 Å². The molecule has 0 aromatic rings. The average Bonchev–Trinajstić information content (AvgIpc) is 1.59. The van der Waals surface area contributed by atoms with Crippen LogP contribution in [0.3, 0.4) is 0 Å². The molecule has 3 N–H and O–H groups in total. The zero-order valence-electron chi connectivity index (χ0n) is 6.05. The largest absolute Gasteiger partial charge is 0.479 e. The van der Waals surface area contributed by atoms with E-state index in [1.165, 1.54) is 6.92 Å². The molecular formula is C4H10O6S. The molecule has 0 saturated heterocycles. The summed E-state index contributed by atoms with van der Waals surface area (Å²) in [7, 11) is -3.67. The van der Waals surface area contributed by atoms with E-state index in [0.717, 1.165) is 0 Å². The highest BCUT2D eigenvalue weighted by Gasteiger charge is 2.01. The third-order valence-corrected chi connectivity index (χ3v) is 0.357. The molecule has 7 heteroatoms. The van der Waals surface area contributed by atoms with Gasteiger partial charge in [0.25, 0.3) is 10.1 Å². The fourth-order valence-electron chi connectivity index (χ4n) is 0. The second-order valence-corrected chi connectivity index (χ2v) is 3.21. The van der Waals surface area contributed by atoms with Crippen molar-refractivity contribution in [2.75, 3.05) is 6.26 Å². The van der Waals surface area contributed by atoms with Crippen molar-refractivity contribution in [2.45, 2.75) is 13.0 Å². The fraction of sp³-hybridized carbons (Fsp3) is 0.750. The molecule has 0 bridgehead atoms. The molecule has 0 spiro atoms. The Kier molecular flexibility index (Phi) is 5.96. The molecule has 6 nitrogen and oxygen atoms in total. The Hall–Kier alpha value is -0.660. The quantitative estimate of drug-likeness (QED) is 0.451. The number of hydrogen-bond donors (Lipinski definition) is 3. The summed E-state index contributed by atoms with van der Waals surface area (Å²) in [5, 5.41) is 15.8. The van der Waals surface area contributed by atoms with Crippen molar-refractivity contribution in [3.8, 4) is 0 Å². The van der Waals surface area contributed by atoms with E-state index < -0.39 is 22.2 Å². The van der Waals surface area contributed by atoms with Crippen LogP contribution in [-0.2, 0) is 14.9 Å². The van der Waals surface area contributed by atoms with Crippen LogP contribution in [0.4, 0.5) is 0 Å². The first kappa shape index (κ1) is 13.0. The number of aliphatic carboxylic acids is 1. The SMILES string of the molecule is CC(O)C(=O)O.CS(=O)(=O)O. The van der Waals surface area contributed by atoms with E-state index in [1.807, 2.05) is 0 Å². The molecule has 0 rings (SSSR count). The summed E-state index contributed by atoms with van der Waals surface area (Å²) in [5.74, 6) is -1.19. The predicted octanol–water partition coefficient (Wildman–Crippen LogP) is -1.04. The van der Waals surface area contributed by atoms with Crippen LogP contribution in [0.25, 0.3) is 0 Å². The van der Waals surface area contributed by atoms with Crippen molar-refractivity contribution in [3.05, 3.63) is 0 Å². The molecule has 0 radical (unpaired) electrons. The molecule has 1 atom stereocenters. The summed E-state index contributed by atoms with van der Waals surface area (Å²) in [6.07, 6.45) is -0.516.